The molecule has 22 rings (SSSR count). The van der Waals surface area contributed by atoms with Crippen LogP contribution in [-0.2, 0) is 25.7 Å². The summed E-state index contributed by atoms with van der Waals surface area (Å²) in [6, 6.07) is 148. The van der Waals surface area contributed by atoms with Gasteiger partial charge < -0.3 is 23.5 Å². The molecule has 0 saturated carbocycles. The molecule has 1 unspecified atom stereocenters. The normalized spacial score (nSPS) is 12.1. The summed E-state index contributed by atoms with van der Waals surface area (Å²) in [6.45, 7) is 0. The Morgan fingerprint density at radius 2 is 0.595 bits per heavy atom. The fourth-order valence-corrected chi connectivity index (χ4v) is 18.8. The van der Waals surface area contributed by atoms with E-state index in [0.717, 1.165) is 128 Å². The summed E-state index contributed by atoms with van der Waals surface area (Å²) < 4.78 is 13.6. The highest BCUT2D eigenvalue weighted by atomic mass is 16.3. The molecule has 22 aromatic rings. The molecular weight excluding hydrogens is 1410 g/mol. The van der Waals surface area contributed by atoms with Crippen LogP contribution in [0.4, 0.5) is 51.2 Å². The molecule has 1 atom stereocenters. The number of rotatable bonds is 21. The van der Waals surface area contributed by atoms with Crippen molar-refractivity contribution >= 4 is 160 Å². The minimum Gasteiger partial charge on any atom is -0.456 e. The van der Waals surface area contributed by atoms with Gasteiger partial charge in [0.1, 0.15) is 16.7 Å². The fraction of sp³-hybridized carbons (Fsp3) is 0.0631. The number of fused-ring (bicyclic) bond motifs is 6. The largest absolute Gasteiger partial charge is 0.456 e. The summed E-state index contributed by atoms with van der Waals surface area (Å²) in [5.74, 6) is 0.208. The van der Waals surface area contributed by atoms with Gasteiger partial charge in [-0.15, -0.1) is 0 Å². The first-order chi connectivity index (χ1) is 57.5. The smallest absolute Gasteiger partial charge is 0.159 e. The van der Waals surface area contributed by atoms with Gasteiger partial charge in [0.2, 0.25) is 0 Å². The van der Waals surface area contributed by atoms with Gasteiger partial charge >= 0.3 is 0 Å². The van der Waals surface area contributed by atoms with E-state index in [1.54, 1.807) is 0 Å². The van der Waals surface area contributed by atoms with E-state index in [1.807, 2.05) is 0 Å². The van der Waals surface area contributed by atoms with E-state index in [2.05, 4.69) is 415 Å². The average molecular weight is 1490 g/mol. The van der Waals surface area contributed by atoms with Gasteiger partial charge in [0, 0.05) is 66.1 Å². The third kappa shape index (κ3) is 12.1. The van der Waals surface area contributed by atoms with Crippen LogP contribution in [0.15, 0.2) is 409 Å². The second-order valence-corrected chi connectivity index (χ2v) is 31.2. The number of unbranched alkanes of at least 4 members (excludes halogenated alkanes) is 1. The van der Waals surface area contributed by atoms with Crippen molar-refractivity contribution in [2.24, 2.45) is 0 Å². The van der Waals surface area contributed by atoms with E-state index in [9.17, 15) is 0 Å². The van der Waals surface area contributed by atoms with E-state index in [1.165, 1.54) is 120 Å². The SMILES string of the molecule is c1ccc(-c2cccc(N(c3ccc(CCCCc4ccc(N(c5ccc6ccc7c(N(c8ccccc8)c8cccc(-c9ccccc9)c8)ccc8ccc5c6c87)c5cccc6c5oc5ccccc56)cc4)cc3)c3ccc4ccc5c(CC(Cc6cccc7c6oc6ccccc67)c6ccccc6)ccc6ccc3c4c65)c2)cc1. The quantitative estimate of drug-likeness (QED) is 0.0529. The van der Waals surface area contributed by atoms with Crippen molar-refractivity contribution in [3.8, 4) is 22.3 Å². The Balaban J connectivity index is 0.568. The van der Waals surface area contributed by atoms with Gasteiger partial charge in [-0.05, 0) is 240 Å². The predicted octanol–water partition coefficient (Wildman–Crippen LogP) is 31.2. The minimum absolute atomic E-state index is 0.208. The summed E-state index contributed by atoms with van der Waals surface area (Å²) in [7, 11) is 0. The summed E-state index contributed by atoms with van der Waals surface area (Å²) in [5, 5.41) is 19.4. The minimum atomic E-state index is 0.208. The Kier molecular flexibility index (Phi) is 17.0. The van der Waals surface area contributed by atoms with Crippen LogP contribution in [0.2, 0.25) is 0 Å². The van der Waals surface area contributed by atoms with Gasteiger partial charge in [-0.2, -0.15) is 0 Å². The summed E-state index contributed by atoms with van der Waals surface area (Å²) in [6.07, 6.45) is 5.76. The van der Waals surface area contributed by atoms with Crippen LogP contribution < -0.4 is 14.7 Å². The molecule has 116 heavy (non-hydrogen) atoms. The number of aryl methyl sites for hydroxylation is 2. The number of benzene rings is 20. The van der Waals surface area contributed by atoms with E-state index in [0.29, 0.717) is 0 Å². The monoisotopic (exact) mass is 1490 g/mol. The van der Waals surface area contributed by atoms with Crippen LogP contribution in [0.3, 0.4) is 0 Å². The van der Waals surface area contributed by atoms with Crippen molar-refractivity contribution in [3.05, 3.63) is 428 Å². The molecule has 5 heteroatoms. The maximum atomic E-state index is 6.93. The second-order valence-electron chi connectivity index (χ2n) is 31.2. The van der Waals surface area contributed by atoms with E-state index in [4.69, 9.17) is 8.83 Å². The van der Waals surface area contributed by atoms with Gasteiger partial charge in [-0.3, -0.25) is 0 Å². The van der Waals surface area contributed by atoms with Gasteiger partial charge in [0.15, 0.2) is 5.58 Å². The number of anilines is 9. The zero-order valence-electron chi connectivity index (χ0n) is 64.1. The molecule has 0 amide bonds. The molecule has 0 aliphatic carbocycles. The van der Waals surface area contributed by atoms with Crippen LogP contribution in [0.1, 0.15) is 46.6 Å². The summed E-state index contributed by atoms with van der Waals surface area (Å²) in [4.78, 5) is 7.35. The van der Waals surface area contributed by atoms with Crippen molar-refractivity contribution in [2.45, 2.75) is 44.4 Å². The van der Waals surface area contributed by atoms with E-state index < -0.39 is 0 Å². The molecule has 2 heterocycles. The molecule has 0 radical (unpaired) electrons. The Morgan fingerprint density at radius 1 is 0.224 bits per heavy atom. The molecule has 0 aliphatic heterocycles. The Bertz CT molecular complexity index is 7400. The third-order valence-corrected chi connectivity index (χ3v) is 24.4. The van der Waals surface area contributed by atoms with E-state index >= 15 is 0 Å². The fourth-order valence-electron chi connectivity index (χ4n) is 18.8. The van der Waals surface area contributed by atoms with Crippen LogP contribution in [0.25, 0.3) is 131 Å². The molecule has 2 aromatic heterocycles. The number of nitrogens with zero attached hydrogens (tertiary/aromatic N) is 3. The number of furan rings is 2. The lowest BCUT2D eigenvalue weighted by Gasteiger charge is -2.29. The zero-order valence-corrected chi connectivity index (χ0v) is 64.1. The van der Waals surface area contributed by atoms with E-state index in [-0.39, 0.29) is 5.92 Å². The molecule has 0 bridgehead atoms. The number of hydrogen-bond acceptors (Lipinski definition) is 5. The van der Waals surface area contributed by atoms with Crippen LogP contribution in [-0.4, -0.2) is 0 Å². The molecule has 0 spiro atoms. The predicted molar refractivity (Wildman–Crippen MR) is 489 cm³/mol. The van der Waals surface area contributed by atoms with Crippen molar-refractivity contribution in [1.29, 1.82) is 0 Å². The van der Waals surface area contributed by atoms with Crippen LogP contribution in [0.5, 0.6) is 0 Å². The van der Waals surface area contributed by atoms with Gasteiger partial charge in [-0.1, -0.05) is 303 Å². The molecule has 0 aliphatic rings. The molecule has 0 N–H and O–H groups in total. The Morgan fingerprint density at radius 3 is 1.13 bits per heavy atom. The topological polar surface area (TPSA) is 36.0 Å². The molecule has 550 valence electrons. The average Bonchev–Trinajstić information content (AvgIpc) is 0.726. The lowest BCUT2D eigenvalue weighted by atomic mass is 9.83. The summed E-state index contributed by atoms with van der Waals surface area (Å²) in [5.41, 5.74) is 24.8. The van der Waals surface area contributed by atoms with Crippen LogP contribution in [0, 0.1) is 0 Å². The Hall–Kier alpha value is -14.5. The highest BCUT2D eigenvalue weighted by molar-refractivity contribution is 6.29. The molecular formula is C111H79N3O2. The first kappa shape index (κ1) is 68.3. The summed E-state index contributed by atoms with van der Waals surface area (Å²) >= 11 is 0. The van der Waals surface area contributed by atoms with Crippen LogP contribution >= 0.6 is 0 Å². The Labute approximate surface area is 673 Å². The van der Waals surface area contributed by atoms with Gasteiger partial charge in [0.25, 0.3) is 0 Å². The van der Waals surface area contributed by atoms with Crippen molar-refractivity contribution in [3.63, 3.8) is 0 Å². The van der Waals surface area contributed by atoms with Crippen molar-refractivity contribution < 1.29 is 8.83 Å². The van der Waals surface area contributed by atoms with Gasteiger partial charge in [0.05, 0.1) is 22.7 Å². The first-order valence-corrected chi connectivity index (χ1v) is 40.7. The third-order valence-electron chi connectivity index (χ3n) is 24.4. The van der Waals surface area contributed by atoms with Crippen molar-refractivity contribution in [1.82, 2.24) is 0 Å². The number of para-hydroxylation sites is 5. The zero-order chi connectivity index (χ0) is 76.6. The molecule has 5 nitrogen and oxygen atoms in total. The highest BCUT2D eigenvalue weighted by Gasteiger charge is 2.28. The lowest BCUT2D eigenvalue weighted by Crippen LogP contribution is -2.12. The van der Waals surface area contributed by atoms with Crippen molar-refractivity contribution in [2.75, 3.05) is 14.7 Å². The highest BCUT2D eigenvalue weighted by Crippen LogP contribution is 2.52. The standard InChI is InChI=1S/C111H79N3O2/c1-5-25-75(26-6-1)82-31-19-36-90(71-82)112(87-34-11-4-12-35-87)100-66-56-80-54-65-99-102(68-57-81-53-64-98(100)108(80)109(81)99)114(103-42-22-41-96-94-39-16-18-44-105(94)116-111(96)103)89-60-47-74(48-61-89)24-14-13-23-73-45-58-88(59-46-73)113(91-37-20-32-83(72-91)76-27-7-2-8-28-76)101-67-55-79-51-62-92-84(50-49-78-52-63-97(101)107(79)106(78)92)69-86(77-29-9-3-10-30-77)70-85-33-21-40-95-93-38-15-17-43-104(93)115-110(85)95/h1-12,15-22,25-68,71-72,86H,13-14,23-24,69-70H2. The lowest BCUT2D eigenvalue weighted by molar-refractivity contribution is 0.642. The maximum absolute atomic E-state index is 6.93. The maximum Gasteiger partial charge on any atom is 0.159 e. The van der Waals surface area contributed by atoms with Gasteiger partial charge in [-0.25, -0.2) is 0 Å². The molecule has 0 saturated heterocycles. The molecule has 0 fully saturated rings. The molecule has 20 aromatic carbocycles. The number of hydrogen-bond donors (Lipinski definition) is 0. The second kappa shape index (κ2) is 28.9. The first-order valence-electron chi connectivity index (χ1n) is 40.7.